The molecule has 5 nitrogen and oxygen atoms in total. The van der Waals surface area contributed by atoms with Gasteiger partial charge in [0.05, 0.1) is 0 Å². The fourth-order valence-corrected chi connectivity index (χ4v) is 1.20. The monoisotopic (exact) mass is 202 g/mol. The maximum absolute atomic E-state index is 11.1. The van der Waals surface area contributed by atoms with Gasteiger partial charge in [-0.1, -0.05) is 6.07 Å². The average molecular weight is 202 g/mol. The van der Waals surface area contributed by atoms with E-state index in [9.17, 15) is 4.79 Å². The molecule has 0 aliphatic heterocycles. The van der Waals surface area contributed by atoms with Gasteiger partial charge in [0, 0.05) is 18.0 Å². The Morgan fingerprint density at radius 1 is 1.40 bits per heavy atom. The lowest BCUT2D eigenvalue weighted by molar-refractivity contribution is 1.06. The summed E-state index contributed by atoms with van der Waals surface area (Å²) in [4.78, 5) is 21.9. The second kappa shape index (κ2) is 3.91. The van der Waals surface area contributed by atoms with Gasteiger partial charge in [0.25, 0.3) is 5.56 Å². The summed E-state index contributed by atoms with van der Waals surface area (Å²) in [6.45, 7) is 1.76. The number of hydrogen-bond donors (Lipinski definition) is 2. The van der Waals surface area contributed by atoms with Gasteiger partial charge in [-0.25, -0.2) is 9.97 Å². The van der Waals surface area contributed by atoms with E-state index < -0.39 is 0 Å². The van der Waals surface area contributed by atoms with Crippen molar-refractivity contribution in [2.45, 2.75) is 6.92 Å². The lowest BCUT2D eigenvalue weighted by atomic mass is 10.4. The zero-order valence-corrected chi connectivity index (χ0v) is 8.19. The second-order valence-corrected chi connectivity index (χ2v) is 3.08. The van der Waals surface area contributed by atoms with Gasteiger partial charge in [-0.05, 0) is 19.1 Å². The minimum absolute atomic E-state index is 0.180. The highest BCUT2D eigenvalue weighted by Gasteiger charge is 1.98. The molecule has 0 atom stereocenters. The molecule has 0 unspecified atom stereocenters. The van der Waals surface area contributed by atoms with Crippen LogP contribution in [0.3, 0.4) is 0 Å². The van der Waals surface area contributed by atoms with Crippen LogP contribution < -0.4 is 10.9 Å². The van der Waals surface area contributed by atoms with Crippen molar-refractivity contribution >= 4 is 11.8 Å². The molecule has 2 heterocycles. The smallest absolute Gasteiger partial charge is 0.252 e. The van der Waals surface area contributed by atoms with Crippen LogP contribution >= 0.6 is 0 Å². The van der Waals surface area contributed by atoms with Gasteiger partial charge in [-0.3, -0.25) is 9.78 Å². The van der Waals surface area contributed by atoms with Crippen LogP contribution in [0.15, 0.2) is 35.3 Å². The molecule has 0 aliphatic rings. The van der Waals surface area contributed by atoms with Crippen molar-refractivity contribution in [1.82, 2.24) is 15.0 Å². The Morgan fingerprint density at radius 2 is 2.27 bits per heavy atom. The number of pyridine rings is 1. The molecule has 0 spiro atoms. The van der Waals surface area contributed by atoms with Crippen molar-refractivity contribution in [2.24, 2.45) is 0 Å². The summed E-state index contributed by atoms with van der Waals surface area (Å²) in [6.07, 6.45) is 1.66. The van der Waals surface area contributed by atoms with Gasteiger partial charge < -0.3 is 5.32 Å². The highest BCUT2D eigenvalue weighted by molar-refractivity contribution is 5.46. The summed E-state index contributed by atoms with van der Waals surface area (Å²) in [5.74, 6) is 1.05. The molecule has 2 rings (SSSR count). The Balaban J connectivity index is 2.29. The number of hydrogen-bond acceptors (Lipinski definition) is 4. The highest BCUT2D eigenvalue weighted by atomic mass is 16.1. The molecular formula is C10H10N4O. The van der Waals surface area contributed by atoms with Gasteiger partial charge >= 0.3 is 0 Å². The quantitative estimate of drug-likeness (QED) is 0.768. The van der Waals surface area contributed by atoms with Crippen LogP contribution in [0.1, 0.15) is 5.69 Å². The molecule has 0 saturated heterocycles. The van der Waals surface area contributed by atoms with E-state index in [1.807, 2.05) is 12.1 Å². The number of aromatic amines is 1. The molecule has 15 heavy (non-hydrogen) atoms. The molecule has 0 bridgehead atoms. The lowest BCUT2D eigenvalue weighted by Crippen LogP contribution is -2.10. The molecule has 2 N–H and O–H groups in total. The van der Waals surface area contributed by atoms with Crippen LogP contribution in [0.4, 0.5) is 11.8 Å². The maximum atomic E-state index is 11.1. The third-order valence-electron chi connectivity index (χ3n) is 1.78. The van der Waals surface area contributed by atoms with E-state index in [2.05, 4.69) is 20.3 Å². The molecule has 0 aromatic carbocycles. The van der Waals surface area contributed by atoms with E-state index in [4.69, 9.17) is 0 Å². The van der Waals surface area contributed by atoms with Crippen molar-refractivity contribution in [2.75, 3.05) is 5.32 Å². The third-order valence-corrected chi connectivity index (χ3v) is 1.78. The predicted molar refractivity (Wildman–Crippen MR) is 57.1 cm³/mol. The molecule has 2 aromatic rings. The van der Waals surface area contributed by atoms with Crippen LogP contribution in [-0.2, 0) is 0 Å². The third kappa shape index (κ3) is 2.40. The first kappa shape index (κ1) is 9.39. The van der Waals surface area contributed by atoms with Crippen LogP contribution in [0.5, 0.6) is 0 Å². The largest absolute Gasteiger partial charge is 0.310 e. The normalized spacial score (nSPS) is 9.93. The van der Waals surface area contributed by atoms with Gasteiger partial charge in [0.1, 0.15) is 5.82 Å². The maximum Gasteiger partial charge on any atom is 0.252 e. The Bertz CT molecular complexity index is 506. The van der Waals surface area contributed by atoms with Crippen molar-refractivity contribution in [3.8, 4) is 0 Å². The van der Waals surface area contributed by atoms with E-state index in [0.29, 0.717) is 17.5 Å². The van der Waals surface area contributed by atoms with Gasteiger partial charge in [-0.15, -0.1) is 0 Å². The minimum atomic E-state index is -0.180. The SMILES string of the molecule is Cc1cc(=O)[nH]c(Nc2ccccn2)n1. The number of rotatable bonds is 2. The first-order chi connectivity index (χ1) is 7.24. The molecule has 0 amide bonds. The zero-order valence-electron chi connectivity index (χ0n) is 8.19. The fraction of sp³-hybridized carbons (Fsp3) is 0.100. The summed E-state index contributed by atoms with van der Waals surface area (Å²) in [5.41, 5.74) is 0.484. The number of aryl methyl sites for hydroxylation is 1. The summed E-state index contributed by atoms with van der Waals surface area (Å²) in [7, 11) is 0. The van der Waals surface area contributed by atoms with E-state index in [1.54, 1.807) is 19.2 Å². The van der Waals surface area contributed by atoms with Crippen LogP contribution in [-0.4, -0.2) is 15.0 Å². The van der Waals surface area contributed by atoms with Crippen molar-refractivity contribution in [3.05, 3.63) is 46.5 Å². The van der Waals surface area contributed by atoms with Crippen molar-refractivity contribution < 1.29 is 0 Å². The second-order valence-electron chi connectivity index (χ2n) is 3.08. The Kier molecular flexibility index (Phi) is 2.45. The first-order valence-electron chi connectivity index (χ1n) is 4.50. The van der Waals surface area contributed by atoms with Crippen LogP contribution in [0.2, 0.25) is 0 Å². The standard InChI is InChI=1S/C10H10N4O/c1-7-6-9(15)14-10(12-7)13-8-4-2-3-5-11-8/h2-6H,1H3,(H2,11,12,13,14,15). The van der Waals surface area contributed by atoms with E-state index in [0.717, 1.165) is 0 Å². The predicted octanol–water partition coefficient (Wildman–Crippen LogP) is 1.22. The number of anilines is 2. The average Bonchev–Trinajstić information content (AvgIpc) is 2.17. The lowest BCUT2D eigenvalue weighted by Gasteiger charge is -2.03. The van der Waals surface area contributed by atoms with Crippen molar-refractivity contribution in [3.63, 3.8) is 0 Å². The fourth-order valence-electron chi connectivity index (χ4n) is 1.20. The molecule has 0 radical (unpaired) electrons. The first-order valence-corrected chi connectivity index (χ1v) is 4.50. The minimum Gasteiger partial charge on any atom is -0.310 e. The van der Waals surface area contributed by atoms with E-state index in [-0.39, 0.29) is 5.56 Å². The molecule has 0 aliphatic carbocycles. The summed E-state index contributed by atoms with van der Waals surface area (Å²) < 4.78 is 0. The van der Waals surface area contributed by atoms with Crippen LogP contribution in [0.25, 0.3) is 0 Å². The summed E-state index contributed by atoms with van der Waals surface area (Å²) in [6, 6.07) is 6.90. The topological polar surface area (TPSA) is 70.7 Å². The number of nitrogens with one attached hydrogen (secondary N) is 2. The van der Waals surface area contributed by atoms with Gasteiger partial charge in [-0.2, -0.15) is 0 Å². The summed E-state index contributed by atoms with van der Waals surface area (Å²) in [5, 5.41) is 2.91. The van der Waals surface area contributed by atoms with Gasteiger partial charge in [0.2, 0.25) is 5.95 Å². The molecule has 5 heteroatoms. The Labute approximate surface area is 86.2 Å². The Hall–Kier alpha value is -2.17. The zero-order chi connectivity index (χ0) is 10.7. The van der Waals surface area contributed by atoms with Crippen molar-refractivity contribution in [1.29, 1.82) is 0 Å². The van der Waals surface area contributed by atoms with E-state index >= 15 is 0 Å². The Morgan fingerprint density at radius 3 is 2.93 bits per heavy atom. The van der Waals surface area contributed by atoms with Crippen LogP contribution in [0, 0.1) is 6.92 Å². The highest BCUT2D eigenvalue weighted by Crippen LogP contribution is 2.06. The number of aromatic nitrogens is 3. The van der Waals surface area contributed by atoms with Gasteiger partial charge in [0.15, 0.2) is 0 Å². The number of H-pyrrole nitrogens is 1. The molecular weight excluding hydrogens is 192 g/mol. The molecule has 0 saturated carbocycles. The molecule has 76 valence electrons. The molecule has 0 fully saturated rings. The molecule has 2 aromatic heterocycles. The van der Waals surface area contributed by atoms with E-state index in [1.165, 1.54) is 6.07 Å². The summed E-state index contributed by atoms with van der Waals surface area (Å²) >= 11 is 0. The number of nitrogens with zero attached hydrogens (tertiary/aromatic N) is 2.